The predicted octanol–water partition coefficient (Wildman–Crippen LogP) is 5.88. The molecule has 1 aliphatic rings. The van der Waals surface area contributed by atoms with Crippen molar-refractivity contribution in [3.8, 4) is 5.75 Å². The summed E-state index contributed by atoms with van der Waals surface area (Å²) < 4.78 is 28.7. The molecule has 0 radical (unpaired) electrons. The highest BCUT2D eigenvalue weighted by Crippen LogP contribution is 2.37. The van der Waals surface area contributed by atoms with E-state index in [1.54, 1.807) is 12.1 Å². The van der Waals surface area contributed by atoms with Crippen molar-refractivity contribution in [3.63, 3.8) is 0 Å². The van der Waals surface area contributed by atoms with E-state index in [9.17, 15) is 8.78 Å². The lowest BCUT2D eigenvalue weighted by atomic mass is 9.77. The highest BCUT2D eigenvalue weighted by Gasteiger charge is 2.21. The summed E-state index contributed by atoms with van der Waals surface area (Å²) in [6.07, 6.45) is 6.39. The topological polar surface area (TPSA) is 9.23 Å². The Morgan fingerprint density at radius 1 is 1.15 bits per heavy atom. The summed E-state index contributed by atoms with van der Waals surface area (Å²) in [5.74, 6) is 1.98. The summed E-state index contributed by atoms with van der Waals surface area (Å²) in [5, 5.41) is 0. The van der Waals surface area contributed by atoms with E-state index in [-0.39, 0.29) is 0 Å². The van der Waals surface area contributed by atoms with Gasteiger partial charge in [-0.05, 0) is 55.2 Å². The molecule has 3 heteroatoms. The molecule has 20 heavy (non-hydrogen) atoms. The Bertz CT molecular complexity index is 427. The Hall–Kier alpha value is -1.38. The van der Waals surface area contributed by atoms with Crippen LogP contribution in [0.5, 0.6) is 5.75 Å². The Morgan fingerprint density at radius 2 is 1.80 bits per heavy atom. The zero-order valence-corrected chi connectivity index (χ0v) is 11.9. The summed E-state index contributed by atoms with van der Waals surface area (Å²) in [4.78, 5) is 0. The van der Waals surface area contributed by atoms with E-state index in [4.69, 9.17) is 4.74 Å². The molecule has 0 aliphatic heterocycles. The molecule has 1 aromatic rings. The monoisotopic (exact) mass is 280 g/mol. The molecule has 0 spiro atoms. The number of hydrogen-bond donors (Lipinski definition) is 0. The largest absolute Gasteiger partial charge is 0.459 e. The summed E-state index contributed by atoms with van der Waals surface area (Å²) in [5.41, 5.74) is 1.30. The molecule has 0 amide bonds. The first-order valence-electron chi connectivity index (χ1n) is 7.46. The van der Waals surface area contributed by atoms with E-state index >= 15 is 0 Å². The van der Waals surface area contributed by atoms with E-state index in [2.05, 4.69) is 6.92 Å². The van der Waals surface area contributed by atoms with Crippen LogP contribution in [-0.4, -0.2) is 0 Å². The van der Waals surface area contributed by atoms with Gasteiger partial charge in [-0.2, -0.15) is 8.78 Å². The molecule has 0 aromatic heterocycles. The van der Waals surface area contributed by atoms with Crippen molar-refractivity contribution in [2.45, 2.75) is 51.4 Å². The molecule has 0 bridgehead atoms. The van der Waals surface area contributed by atoms with E-state index in [0.29, 0.717) is 17.9 Å². The van der Waals surface area contributed by atoms with Gasteiger partial charge in [-0.15, -0.1) is 0 Å². The lowest BCUT2D eigenvalue weighted by Gasteiger charge is -2.28. The van der Waals surface area contributed by atoms with Crippen LogP contribution in [0, 0.1) is 5.92 Å². The molecular weight excluding hydrogens is 258 g/mol. The summed E-state index contributed by atoms with van der Waals surface area (Å²) in [7, 11) is 0. The molecule has 0 heterocycles. The Kier molecular flexibility index (Phi) is 5.57. The number of benzene rings is 1. The Morgan fingerprint density at radius 3 is 2.35 bits per heavy atom. The maximum atomic E-state index is 11.9. The highest BCUT2D eigenvalue weighted by atomic mass is 19.3. The normalized spacial score (nSPS) is 22.4. The van der Waals surface area contributed by atoms with Crippen LogP contribution in [0.2, 0.25) is 0 Å². The minimum atomic E-state index is -1.82. The standard InChI is InChI=1S/C17H22F2O/c1-2-3-13-4-6-14(7-5-13)15-8-10-16(11-9-15)20-12-17(18)19/h8-14H,2-7H2,1H3. The maximum Gasteiger partial charge on any atom is 0.305 e. The van der Waals surface area contributed by atoms with Crippen LogP contribution in [0.25, 0.3) is 0 Å². The zero-order valence-electron chi connectivity index (χ0n) is 11.9. The number of halogens is 2. The summed E-state index contributed by atoms with van der Waals surface area (Å²) in [6.45, 7) is 2.25. The maximum absolute atomic E-state index is 11.9. The Labute approximate surface area is 119 Å². The van der Waals surface area contributed by atoms with Gasteiger partial charge in [0.1, 0.15) is 5.75 Å². The average molecular weight is 280 g/mol. The number of ether oxygens (including phenoxy) is 1. The Balaban J connectivity index is 1.89. The SMILES string of the molecule is CCCC1CCC(c2ccc(OC=C(F)F)cc2)CC1. The molecule has 110 valence electrons. The first-order chi connectivity index (χ1) is 9.69. The molecule has 0 unspecified atom stereocenters. The molecule has 0 saturated heterocycles. The van der Waals surface area contributed by atoms with Crippen LogP contribution in [0.3, 0.4) is 0 Å². The average Bonchev–Trinajstić information content (AvgIpc) is 2.47. The molecule has 0 N–H and O–H groups in total. The fourth-order valence-corrected chi connectivity index (χ4v) is 3.12. The lowest BCUT2D eigenvalue weighted by molar-refractivity contribution is 0.308. The third-order valence-electron chi connectivity index (χ3n) is 4.18. The van der Waals surface area contributed by atoms with Gasteiger partial charge in [0.15, 0.2) is 6.26 Å². The van der Waals surface area contributed by atoms with Gasteiger partial charge in [0.2, 0.25) is 0 Å². The van der Waals surface area contributed by atoms with E-state index in [0.717, 1.165) is 5.92 Å². The summed E-state index contributed by atoms with van der Waals surface area (Å²) in [6, 6.07) is 7.55. The van der Waals surface area contributed by atoms with Crippen molar-refractivity contribution in [2.24, 2.45) is 5.92 Å². The molecule has 1 aromatic carbocycles. The van der Waals surface area contributed by atoms with Crippen molar-refractivity contribution in [1.82, 2.24) is 0 Å². The molecule has 1 fully saturated rings. The zero-order chi connectivity index (χ0) is 14.4. The van der Waals surface area contributed by atoms with Crippen LogP contribution >= 0.6 is 0 Å². The molecule has 1 saturated carbocycles. The number of hydrogen-bond acceptors (Lipinski definition) is 1. The van der Waals surface area contributed by atoms with Crippen LogP contribution in [0.4, 0.5) is 8.78 Å². The molecule has 0 atom stereocenters. The molecular formula is C17H22F2O. The fraction of sp³-hybridized carbons (Fsp3) is 0.529. The third-order valence-corrected chi connectivity index (χ3v) is 4.18. The van der Waals surface area contributed by atoms with Gasteiger partial charge in [0.25, 0.3) is 0 Å². The van der Waals surface area contributed by atoms with Crippen molar-refractivity contribution in [2.75, 3.05) is 0 Å². The third kappa shape index (κ3) is 4.32. The first kappa shape index (κ1) is 15.0. The minimum absolute atomic E-state index is 0.459. The predicted molar refractivity (Wildman–Crippen MR) is 77.0 cm³/mol. The number of rotatable bonds is 5. The highest BCUT2D eigenvalue weighted by molar-refractivity contribution is 5.30. The van der Waals surface area contributed by atoms with Crippen molar-refractivity contribution < 1.29 is 13.5 Å². The van der Waals surface area contributed by atoms with Crippen LogP contribution in [-0.2, 0) is 0 Å². The molecule has 1 nitrogen and oxygen atoms in total. The van der Waals surface area contributed by atoms with Crippen molar-refractivity contribution >= 4 is 0 Å². The smallest absolute Gasteiger partial charge is 0.305 e. The quantitative estimate of drug-likeness (QED) is 0.612. The second-order valence-electron chi connectivity index (χ2n) is 5.60. The second-order valence-corrected chi connectivity index (χ2v) is 5.60. The molecule has 1 aliphatic carbocycles. The van der Waals surface area contributed by atoms with Crippen LogP contribution in [0.15, 0.2) is 36.6 Å². The van der Waals surface area contributed by atoms with Gasteiger partial charge in [0.05, 0.1) is 0 Å². The summed E-state index contributed by atoms with van der Waals surface area (Å²) >= 11 is 0. The van der Waals surface area contributed by atoms with Gasteiger partial charge in [-0.3, -0.25) is 0 Å². The van der Waals surface area contributed by atoms with E-state index in [1.165, 1.54) is 44.1 Å². The minimum Gasteiger partial charge on any atom is -0.459 e. The van der Waals surface area contributed by atoms with Gasteiger partial charge >= 0.3 is 6.08 Å². The van der Waals surface area contributed by atoms with Gasteiger partial charge in [0, 0.05) is 0 Å². The van der Waals surface area contributed by atoms with Crippen LogP contribution in [0.1, 0.15) is 56.9 Å². The van der Waals surface area contributed by atoms with Crippen molar-refractivity contribution in [3.05, 3.63) is 42.2 Å². The van der Waals surface area contributed by atoms with Gasteiger partial charge in [-0.1, -0.05) is 31.9 Å². The first-order valence-corrected chi connectivity index (χ1v) is 7.46. The van der Waals surface area contributed by atoms with Gasteiger partial charge < -0.3 is 4.74 Å². The van der Waals surface area contributed by atoms with E-state index in [1.807, 2.05) is 12.1 Å². The second kappa shape index (κ2) is 7.41. The van der Waals surface area contributed by atoms with Gasteiger partial charge in [-0.25, -0.2) is 0 Å². The van der Waals surface area contributed by atoms with Crippen molar-refractivity contribution in [1.29, 1.82) is 0 Å². The van der Waals surface area contributed by atoms with E-state index < -0.39 is 6.08 Å². The lowest BCUT2D eigenvalue weighted by Crippen LogP contribution is -2.13. The van der Waals surface area contributed by atoms with Crippen LogP contribution < -0.4 is 4.74 Å². The fourth-order valence-electron chi connectivity index (χ4n) is 3.12. The molecule has 2 rings (SSSR count).